The van der Waals surface area contributed by atoms with Gasteiger partial charge >= 0.3 is 0 Å². The SMILES string of the molecule is CN1C(=O)C(NC(=O)CCc2ccccc2Cl)N=C(c2ccccc2)c2ccccc21. The first-order valence-corrected chi connectivity index (χ1v) is 10.5. The fourth-order valence-corrected chi connectivity index (χ4v) is 3.85. The van der Waals surface area contributed by atoms with Crippen molar-refractivity contribution in [3.05, 3.63) is 101 Å². The van der Waals surface area contributed by atoms with Crippen molar-refractivity contribution in [2.24, 2.45) is 4.99 Å². The fraction of sp³-hybridized carbons (Fsp3) is 0.160. The summed E-state index contributed by atoms with van der Waals surface area (Å²) in [5.74, 6) is -0.543. The average Bonchev–Trinajstić information content (AvgIpc) is 2.90. The zero-order valence-corrected chi connectivity index (χ0v) is 17.8. The van der Waals surface area contributed by atoms with Gasteiger partial charge in [0, 0.05) is 29.6 Å². The molecule has 0 saturated heterocycles. The van der Waals surface area contributed by atoms with Gasteiger partial charge in [-0.1, -0.05) is 78.3 Å². The van der Waals surface area contributed by atoms with Crippen LogP contribution in [0.5, 0.6) is 0 Å². The topological polar surface area (TPSA) is 61.8 Å². The number of likely N-dealkylation sites (N-methyl/N-ethyl adjacent to an activating group) is 1. The zero-order valence-electron chi connectivity index (χ0n) is 17.1. The molecule has 2 amide bonds. The Balaban J connectivity index is 1.62. The summed E-state index contributed by atoms with van der Waals surface area (Å²) in [6.45, 7) is 0. The fourth-order valence-electron chi connectivity index (χ4n) is 3.62. The van der Waals surface area contributed by atoms with E-state index < -0.39 is 6.17 Å². The summed E-state index contributed by atoms with van der Waals surface area (Å²) in [6.07, 6.45) is -0.315. The molecule has 1 unspecified atom stereocenters. The van der Waals surface area contributed by atoms with E-state index >= 15 is 0 Å². The zero-order chi connectivity index (χ0) is 21.8. The van der Waals surface area contributed by atoms with Gasteiger partial charge < -0.3 is 10.2 Å². The van der Waals surface area contributed by atoms with Gasteiger partial charge in [0.15, 0.2) is 0 Å². The van der Waals surface area contributed by atoms with Gasteiger partial charge in [0.2, 0.25) is 12.1 Å². The lowest BCUT2D eigenvalue weighted by Crippen LogP contribution is -2.46. The number of nitrogens with one attached hydrogen (secondary N) is 1. The molecular formula is C25H22ClN3O2. The van der Waals surface area contributed by atoms with Crippen molar-refractivity contribution in [1.29, 1.82) is 0 Å². The maximum absolute atomic E-state index is 13.1. The first kappa shape index (κ1) is 20.8. The number of benzene rings is 3. The number of halogens is 1. The molecule has 0 saturated carbocycles. The van der Waals surface area contributed by atoms with Crippen LogP contribution in [0.3, 0.4) is 0 Å². The van der Waals surface area contributed by atoms with Gasteiger partial charge in [-0.2, -0.15) is 0 Å². The Labute approximate surface area is 186 Å². The number of fused-ring (bicyclic) bond motifs is 1. The monoisotopic (exact) mass is 431 g/mol. The van der Waals surface area contributed by atoms with Crippen LogP contribution in [-0.2, 0) is 16.0 Å². The predicted octanol–water partition coefficient (Wildman–Crippen LogP) is 4.23. The first-order valence-electron chi connectivity index (χ1n) is 10.1. The van der Waals surface area contributed by atoms with Gasteiger partial charge in [0.05, 0.1) is 11.4 Å². The molecule has 0 aromatic heterocycles. The average molecular weight is 432 g/mol. The highest BCUT2D eigenvalue weighted by molar-refractivity contribution is 6.31. The number of hydrogen-bond acceptors (Lipinski definition) is 3. The number of nitrogens with zero attached hydrogens (tertiary/aromatic N) is 2. The number of carbonyl (C=O) groups is 2. The van der Waals surface area contributed by atoms with Crippen molar-refractivity contribution >= 4 is 34.8 Å². The molecule has 0 radical (unpaired) electrons. The van der Waals surface area contributed by atoms with E-state index in [0.717, 1.165) is 22.4 Å². The number of aliphatic imine (C=N–C) groups is 1. The van der Waals surface area contributed by atoms with E-state index in [9.17, 15) is 9.59 Å². The van der Waals surface area contributed by atoms with E-state index in [4.69, 9.17) is 16.6 Å². The van der Waals surface area contributed by atoms with E-state index in [2.05, 4.69) is 5.32 Å². The van der Waals surface area contributed by atoms with Gasteiger partial charge in [-0.3, -0.25) is 9.59 Å². The second kappa shape index (κ2) is 9.14. The third-order valence-corrected chi connectivity index (χ3v) is 5.64. The molecule has 31 heavy (non-hydrogen) atoms. The summed E-state index contributed by atoms with van der Waals surface area (Å²) in [4.78, 5) is 32.1. The van der Waals surface area contributed by atoms with E-state index in [1.165, 1.54) is 0 Å². The van der Waals surface area contributed by atoms with Crippen LogP contribution in [0, 0.1) is 0 Å². The second-order valence-electron chi connectivity index (χ2n) is 7.32. The summed E-state index contributed by atoms with van der Waals surface area (Å²) in [5.41, 5.74) is 4.04. The van der Waals surface area contributed by atoms with Gasteiger partial charge in [-0.25, -0.2) is 4.99 Å². The summed E-state index contributed by atoms with van der Waals surface area (Å²) in [6, 6.07) is 24.7. The lowest BCUT2D eigenvalue weighted by Gasteiger charge is -2.20. The number of para-hydroxylation sites is 1. The van der Waals surface area contributed by atoms with Gasteiger partial charge in [0.25, 0.3) is 5.91 Å². The number of aryl methyl sites for hydroxylation is 1. The minimum Gasteiger partial charge on any atom is -0.327 e. The molecule has 3 aromatic carbocycles. The molecule has 3 aromatic rings. The molecule has 0 bridgehead atoms. The number of anilines is 1. The largest absolute Gasteiger partial charge is 0.327 e. The molecule has 5 nitrogen and oxygen atoms in total. The van der Waals surface area contributed by atoms with Crippen LogP contribution in [-0.4, -0.2) is 30.7 Å². The van der Waals surface area contributed by atoms with Crippen LogP contribution in [0.25, 0.3) is 0 Å². The maximum atomic E-state index is 13.1. The maximum Gasteiger partial charge on any atom is 0.272 e. The molecule has 1 heterocycles. The van der Waals surface area contributed by atoms with Crippen molar-refractivity contribution in [1.82, 2.24) is 5.32 Å². The quantitative estimate of drug-likeness (QED) is 0.657. The van der Waals surface area contributed by atoms with Crippen molar-refractivity contribution < 1.29 is 9.59 Å². The molecule has 156 valence electrons. The Kier molecular flexibility index (Phi) is 6.14. The second-order valence-corrected chi connectivity index (χ2v) is 7.73. The number of hydrogen-bond donors (Lipinski definition) is 1. The Morgan fingerprint density at radius 1 is 1.00 bits per heavy atom. The van der Waals surface area contributed by atoms with E-state index in [-0.39, 0.29) is 18.2 Å². The van der Waals surface area contributed by atoms with Crippen LogP contribution in [0.4, 0.5) is 5.69 Å². The molecule has 0 fully saturated rings. The van der Waals surface area contributed by atoms with Gasteiger partial charge in [-0.15, -0.1) is 0 Å². The van der Waals surface area contributed by atoms with E-state index in [1.54, 1.807) is 18.0 Å². The summed E-state index contributed by atoms with van der Waals surface area (Å²) in [7, 11) is 1.70. The lowest BCUT2D eigenvalue weighted by atomic mass is 10.0. The van der Waals surface area contributed by atoms with Crippen molar-refractivity contribution in [2.75, 3.05) is 11.9 Å². The Bertz CT molecular complexity index is 1140. The number of rotatable bonds is 5. The molecule has 6 heteroatoms. The van der Waals surface area contributed by atoms with Crippen molar-refractivity contribution in [2.45, 2.75) is 19.0 Å². The number of carbonyl (C=O) groups excluding carboxylic acids is 2. The summed E-state index contributed by atoms with van der Waals surface area (Å²) in [5, 5.41) is 3.43. The summed E-state index contributed by atoms with van der Waals surface area (Å²) < 4.78 is 0. The third-order valence-electron chi connectivity index (χ3n) is 5.27. The molecule has 1 atom stereocenters. The smallest absolute Gasteiger partial charge is 0.272 e. The number of amides is 2. The molecule has 1 aliphatic heterocycles. The highest BCUT2D eigenvalue weighted by Crippen LogP contribution is 2.27. The van der Waals surface area contributed by atoms with E-state index in [0.29, 0.717) is 17.2 Å². The molecule has 1 N–H and O–H groups in total. The van der Waals surface area contributed by atoms with Crippen molar-refractivity contribution in [3.8, 4) is 0 Å². The molecule has 0 aliphatic carbocycles. The standard InChI is InChI=1S/C25H22ClN3O2/c1-29-21-14-8-6-12-19(21)23(18-10-3-2-4-11-18)28-24(25(29)31)27-22(30)16-15-17-9-5-7-13-20(17)26/h2-14,24H,15-16H2,1H3,(H,27,30). The third kappa shape index (κ3) is 4.52. The van der Waals surface area contributed by atoms with Crippen LogP contribution >= 0.6 is 11.6 Å². The highest BCUT2D eigenvalue weighted by Gasteiger charge is 2.30. The molecule has 0 spiro atoms. The van der Waals surface area contributed by atoms with Crippen LogP contribution < -0.4 is 10.2 Å². The minimum atomic E-state index is -1.01. The van der Waals surface area contributed by atoms with Crippen LogP contribution in [0.2, 0.25) is 5.02 Å². The highest BCUT2D eigenvalue weighted by atomic mass is 35.5. The van der Waals surface area contributed by atoms with E-state index in [1.807, 2.05) is 72.8 Å². The van der Waals surface area contributed by atoms with Gasteiger partial charge in [-0.05, 0) is 24.1 Å². The molecule has 1 aliphatic rings. The normalized spacial score (nSPS) is 15.7. The number of benzodiazepines with no additional fused rings is 1. The van der Waals surface area contributed by atoms with Crippen LogP contribution in [0.1, 0.15) is 23.1 Å². The van der Waals surface area contributed by atoms with Gasteiger partial charge in [0.1, 0.15) is 0 Å². The molecular weight excluding hydrogens is 410 g/mol. The minimum absolute atomic E-state index is 0.209. The predicted molar refractivity (Wildman–Crippen MR) is 124 cm³/mol. The lowest BCUT2D eigenvalue weighted by molar-refractivity contribution is -0.127. The summed E-state index contributed by atoms with van der Waals surface area (Å²) >= 11 is 6.19. The Morgan fingerprint density at radius 3 is 2.45 bits per heavy atom. The molecule has 4 rings (SSSR count). The van der Waals surface area contributed by atoms with Crippen molar-refractivity contribution in [3.63, 3.8) is 0 Å². The first-order chi connectivity index (χ1) is 15.0. The Hall–Kier alpha value is -3.44. The van der Waals surface area contributed by atoms with Crippen LogP contribution in [0.15, 0.2) is 83.9 Å². The Morgan fingerprint density at radius 2 is 1.68 bits per heavy atom.